The van der Waals surface area contributed by atoms with Crippen LogP contribution in [0.1, 0.15) is 0 Å². The molecule has 3 aromatic rings. The van der Waals surface area contributed by atoms with Crippen LogP contribution in [0.4, 0.5) is 14.5 Å². The van der Waals surface area contributed by atoms with E-state index in [0.717, 1.165) is 11.8 Å². The fourth-order valence-corrected chi connectivity index (χ4v) is 2.47. The summed E-state index contributed by atoms with van der Waals surface area (Å²) < 4.78 is 33.8. The summed E-state index contributed by atoms with van der Waals surface area (Å²) in [6.45, 7) is -2.89. The van der Waals surface area contributed by atoms with Crippen LogP contribution < -0.4 is 10.1 Å². The highest BCUT2D eigenvalue weighted by atomic mass is 32.2. The van der Waals surface area contributed by atoms with Gasteiger partial charge in [-0.1, -0.05) is 17.8 Å². The van der Waals surface area contributed by atoms with Crippen molar-refractivity contribution in [1.29, 1.82) is 0 Å². The van der Waals surface area contributed by atoms with E-state index in [4.69, 9.17) is 4.42 Å². The number of hydrogen-bond acceptors (Lipinski definition) is 7. The van der Waals surface area contributed by atoms with Crippen molar-refractivity contribution in [2.45, 2.75) is 11.8 Å². The molecule has 0 aliphatic heterocycles. The van der Waals surface area contributed by atoms with Gasteiger partial charge in [-0.3, -0.25) is 9.78 Å². The molecule has 0 radical (unpaired) electrons. The van der Waals surface area contributed by atoms with E-state index in [0.29, 0.717) is 11.4 Å². The normalized spacial score (nSPS) is 10.7. The Hall–Kier alpha value is -3.01. The number of thioether (sulfide) groups is 1. The third kappa shape index (κ3) is 4.99. The predicted molar refractivity (Wildman–Crippen MR) is 90.0 cm³/mol. The third-order valence-corrected chi connectivity index (χ3v) is 3.80. The molecule has 0 atom stereocenters. The fourth-order valence-electron chi connectivity index (χ4n) is 1.90. The number of rotatable bonds is 7. The van der Waals surface area contributed by atoms with Crippen molar-refractivity contribution in [1.82, 2.24) is 15.2 Å². The molecule has 134 valence electrons. The highest BCUT2D eigenvalue weighted by molar-refractivity contribution is 7.99. The van der Waals surface area contributed by atoms with E-state index < -0.39 is 6.61 Å². The SMILES string of the molecule is O=C(CSc1nnc(-c2ccccn2)o1)Nc1ccc(OC(F)F)cc1. The minimum absolute atomic E-state index is 0.0142. The molecule has 0 aliphatic rings. The molecule has 0 saturated carbocycles. The first kappa shape index (κ1) is 17.8. The van der Waals surface area contributed by atoms with Crippen LogP contribution in [-0.2, 0) is 4.79 Å². The van der Waals surface area contributed by atoms with Crippen molar-refractivity contribution in [3.8, 4) is 17.3 Å². The van der Waals surface area contributed by atoms with Gasteiger partial charge >= 0.3 is 6.61 Å². The molecule has 0 bridgehead atoms. The van der Waals surface area contributed by atoms with Gasteiger partial charge in [-0.25, -0.2) is 0 Å². The summed E-state index contributed by atoms with van der Waals surface area (Å²) in [5, 5.41) is 10.6. The average molecular weight is 378 g/mol. The van der Waals surface area contributed by atoms with Gasteiger partial charge in [-0.2, -0.15) is 8.78 Å². The Labute approximate surface area is 150 Å². The summed E-state index contributed by atoms with van der Waals surface area (Å²) in [7, 11) is 0. The molecule has 10 heteroatoms. The second-order valence-electron chi connectivity index (χ2n) is 4.83. The molecule has 1 aromatic carbocycles. The van der Waals surface area contributed by atoms with Crippen LogP contribution in [0.15, 0.2) is 58.3 Å². The molecule has 26 heavy (non-hydrogen) atoms. The molecule has 0 unspecified atom stereocenters. The molecule has 1 amide bonds. The smallest absolute Gasteiger partial charge is 0.387 e. The lowest BCUT2D eigenvalue weighted by Gasteiger charge is -2.06. The Kier molecular flexibility index (Phi) is 5.74. The number of carbonyl (C=O) groups excluding carboxylic acids is 1. The number of ether oxygens (including phenoxy) is 1. The summed E-state index contributed by atoms with van der Waals surface area (Å²) in [5.74, 6) is 0.0117. The topological polar surface area (TPSA) is 90.1 Å². The fraction of sp³-hybridized carbons (Fsp3) is 0.125. The van der Waals surface area contributed by atoms with Gasteiger partial charge in [0.05, 0.1) is 5.75 Å². The second-order valence-corrected chi connectivity index (χ2v) is 5.75. The maximum Gasteiger partial charge on any atom is 0.387 e. The van der Waals surface area contributed by atoms with E-state index in [2.05, 4.69) is 25.2 Å². The average Bonchev–Trinajstić information content (AvgIpc) is 3.11. The molecule has 0 fully saturated rings. The van der Waals surface area contributed by atoms with Gasteiger partial charge in [0.15, 0.2) is 0 Å². The lowest BCUT2D eigenvalue weighted by atomic mass is 10.3. The van der Waals surface area contributed by atoms with Crippen molar-refractivity contribution in [3.05, 3.63) is 48.7 Å². The first-order valence-corrected chi connectivity index (χ1v) is 8.31. The zero-order valence-corrected chi connectivity index (χ0v) is 14.0. The first-order chi connectivity index (χ1) is 12.6. The highest BCUT2D eigenvalue weighted by Crippen LogP contribution is 2.22. The van der Waals surface area contributed by atoms with E-state index in [9.17, 15) is 13.6 Å². The number of alkyl halides is 2. The van der Waals surface area contributed by atoms with Gasteiger partial charge in [0.1, 0.15) is 11.4 Å². The van der Waals surface area contributed by atoms with Gasteiger partial charge in [0.25, 0.3) is 11.1 Å². The van der Waals surface area contributed by atoms with Crippen molar-refractivity contribution < 1.29 is 22.7 Å². The van der Waals surface area contributed by atoms with Crippen LogP contribution in [0, 0.1) is 0 Å². The Morgan fingerprint density at radius 1 is 1.19 bits per heavy atom. The summed E-state index contributed by atoms with van der Waals surface area (Å²) in [6.07, 6.45) is 1.61. The molecule has 7 nitrogen and oxygen atoms in total. The monoisotopic (exact) mass is 378 g/mol. The molecule has 0 spiro atoms. The lowest BCUT2D eigenvalue weighted by Crippen LogP contribution is -2.14. The van der Waals surface area contributed by atoms with Crippen molar-refractivity contribution in [2.75, 3.05) is 11.1 Å². The summed E-state index contributed by atoms with van der Waals surface area (Å²) in [5.41, 5.74) is 0.999. The zero-order valence-electron chi connectivity index (χ0n) is 13.1. The van der Waals surface area contributed by atoms with E-state index in [-0.39, 0.29) is 28.5 Å². The van der Waals surface area contributed by atoms with Crippen LogP contribution in [-0.4, -0.2) is 33.5 Å². The molecule has 2 heterocycles. The third-order valence-electron chi connectivity index (χ3n) is 2.98. The molecule has 2 aromatic heterocycles. The largest absolute Gasteiger partial charge is 0.435 e. The minimum atomic E-state index is -2.89. The number of pyridine rings is 1. The van der Waals surface area contributed by atoms with Gasteiger partial charge in [0.2, 0.25) is 5.91 Å². The number of carbonyl (C=O) groups is 1. The summed E-state index contributed by atoms with van der Waals surface area (Å²) in [6, 6.07) is 10.9. The molecular formula is C16H12F2N4O3S. The quantitative estimate of drug-likeness (QED) is 0.630. The van der Waals surface area contributed by atoms with Gasteiger partial charge in [-0.15, -0.1) is 10.2 Å². The van der Waals surface area contributed by atoms with Crippen molar-refractivity contribution in [2.24, 2.45) is 0 Å². The number of nitrogens with one attached hydrogen (secondary N) is 1. The number of nitrogens with zero attached hydrogens (tertiary/aromatic N) is 3. The van der Waals surface area contributed by atoms with E-state index in [1.807, 2.05) is 0 Å². The van der Waals surface area contributed by atoms with Crippen LogP contribution in [0.5, 0.6) is 5.75 Å². The second kappa shape index (κ2) is 8.39. The highest BCUT2D eigenvalue weighted by Gasteiger charge is 2.12. The predicted octanol–water partition coefficient (Wildman–Crippen LogP) is 3.46. The maximum atomic E-state index is 12.1. The number of benzene rings is 1. The van der Waals surface area contributed by atoms with Gasteiger partial charge in [-0.05, 0) is 36.4 Å². The molecular weight excluding hydrogens is 366 g/mol. The van der Waals surface area contributed by atoms with Gasteiger partial charge in [0, 0.05) is 11.9 Å². The number of anilines is 1. The Morgan fingerprint density at radius 3 is 2.69 bits per heavy atom. The van der Waals surface area contributed by atoms with Crippen molar-refractivity contribution >= 4 is 23.4 Å². The minimum Gasteiger partial charge on any atom is -0.435 e. The Balaban J connectivity index is 1.50. The summed E-state index contributed by atoms with van der Waals surface area (Å²) in [4.78, 5) is 16.0. The first-order valence-electron chi connectivity index (χ1n) is 7.32. The Morgan fingerprint density at radius 2 is 2.00 bits per heavy atom. The van der Waals surface area contributed by atoms with E-state index in [1.54, 1.807) is 24.4 Å². The van der Waals surface area contributed by atoms with Crippen LogP contribution in [0.25, 0.3) is 11.6 Å². The van der Waals surface area contributed by atoms with Crippen LogP contribution in [0.2, 0.25) is 0 Å². The van der Waals surface area contributed by atoms with Crippen molar-refractivity contribution in [3.63, 3.8) is 0 Å². The maximum absolute atomic E-state index is 12.1. The van der Waals surface area contributed by atoms with E-state index >= 15 is 0 Å². The number of hydrogen-bond donors (Lipinski definition) is 1. The van der Waals surface area contributed by atoms with E-state index in [1.165, 1.54) is 24.3 Å². The van der Waals surface area contributed by atoms with Gasteiger partial charge < -0.3 is 14.5 Å². The number of halogens is 2. The van der Waals surface area contributed by atoms with Crippen LogP contribution >= 0.6 is 11.8 Å². The summed E-state index contributed by atoms with van der Waals surface area (Å²) >= 11 is 1.07. The molecule has 1 N–H and O–H groups in total. The standard InChI is InChI=1S/C16H12F2N4O3S/c17-15(18)24-11-6-4-10(5-7-11)20-13(23)9-26-16-22-21-14(25-16)12-3-1-2-8-19-12/h1-8,15H,9H2,(H,20,23). The Bertz CT molecular complexity index is 859. The lowest BCUT2D eigenvalue weighted by molar-refractivity contribution is -0.113. The molecule has 3 rings (SSSR count). The number of amides is 1. The molecule has 0 saturated heterocycles. The number of aromatic nitrogens is 3. The van der Waals surface area contributed by atoms with Crippen LogP contribution in [0.3, 0.4) is 0 Å². The zero-order chi connectivity index (χ0) is 18.4. The molecule has 0 aliphatic carbocycles.